The molecule has 1 amide bonds. The lowest BCUT2D eigenvalue weighted by molar-refractivity contribution is -0.116. The fraction of sp³-hybridized carbons (Fsp3) is 0.412. The minimum Gasteiger partial charge on any atom is -0.301 e. The summed E-state index contributed by atoms with van der Waals surface area (Å²) in [7, 11) is 0. The van der Waals surface area contributed by atoms with Gasteiger partial charge in [0.2, 0.25) is 11.0 Å². The van der Waals surface area contributed by atoms with E-state index in [1.165, 1.54) is 11.3 Å². The summed E-state index contributed by atoms with van der Waals surface area (Å²) in [5.41, 5.74) is 0.632. The third kappa shape index (κ3) is 4.96. The summed E-state index contributed by atoms with van der Waals surface area (Å²) in [5, 5.41) is 12.3. The maximum absolute atomic E-state index is 12.0. The molecule has 1 aromatic carbocycles. The second-order valence-electron chi connectivity index (χ2n) is 5.30. The number of hydrogen-bond donors (Lipinski definition) is 1. The van der Waals surface area contributed by atoms with Crippen molar-refractivity contribution in [1.29, 1.82) is 0 Å². The number of benzene rings is 1. The van der Waals surface area contributed by atoms with Gasteiger partial charge in [0.05, 0.1) is 0 Å². The molecule has 1 N–H and O–H groups in total. The van der Waals surface area contributed by atoms with Gasteiger partial charge in [0.15, 0.2) is 5.78 Å². The number of amides is 1. The predicted octanol–water partition coefficient (Wildman–Crippen LogP) is 4.04. The van der Waals surface area contributed by atoms with Crippen LogP contribution in [0.25, 0.3) is 0 Å². The van der Waals surface area contributed by atoms with Gasteiger partial charge in [0, 0.05) is 24.3 Å². The first-order valence-corrected chi connectivity index (χ1v) is 8.67. The van der Waals surface area contributed by atoms with Crippen LogP contribution >= 0.6 is 11.3 Å². The molecular formula is C17H21N3O2S. The zero-order valence-corrected chi connectivity index (χ0v) is 14.2. The minimum absolute atomic E-state index is 0.0317. The molecule has 0 aliphatic carbocycles. The van der Waals surface area contributed by atoms with E-state index in [4.69, 9.17) is 0 Å². The van der Waals surface area contributed by atoms with Crippen LogP contribution in [0.1, 0.15) is 60.8 Å². The van der Waals surface area contributed by atoms with Gasteiger partial charge in [-0.05, 0) is 12.8 Å². The van der Waals surface area contributed by atoms with Gasteiger partial charge in [-0.15, -0.1) is 10.2 Å². The number of Topliss-reactive ketones (excluding diaryl/α,β-unsaturated/α-hetero) is 1. The molecule has 0 aliphatic heterocycles. The molecule has 0 radical (unpaired) electrons. The molecule has 0 saturated carbocycles. The Kier molecular flexibility index (Phi) is 6.40. The van der Waals surface area contributed by atoms with Gasteiger partial charge in [-0.2, -0.15) is 0 Å². The largest absolute Gasteiger partial charge is 0.301 e. The van der Waals surface area contributed by atoms with Crippen LogP contribution < -0.4 is 5.32 Å². The maximum atomic E-state index is 12.0. The van der Waals surface area contributed by atoms with Crippen molar-refractivity contribution in [2.45, 2.75) is 45.4 Å². The lowest BCUT2D eigenvalue weighted by Crippen LogP contribution is -2.13. The molecular weight excluding hydrogens is 310 g/mol. The molecule has 2 aromatic rings. The van der Waals surface area contributed by atoms with Gasteiger partial charge in [-0.3, -0.25) is 9.59 Å². The van der Waals surface area contributed by atoms with E-state index in [2.05, 4.69) is 29.4 Å². The Morgan fingerprint density at radius 2 is 1.78 bits per heavy atom. The average Bonchev–Trinajstić information content (AvgIpc) is 3.03. The molecule has 5 nitrogen and oxygen atoms in total. The molecule has 0 bridgehead atoms. The van der Waals surface area contributed by atoms with Crippen LogP contribution in [-0.2, 0) is 4.79 Å². The van der Waals surface area contributed by atoms with E-state index in [0.717, 1.165) is 17.8 Å². The Bertz CT molecular complexity index is 651. The van der Waals surface area contributed by atoms with Crippen molar-refractivity contribution in [2.75, 3.05) is 5.32 Å². The molecule has 0 aliphatic rings. The van der Waals surface area contributed by atoms with E-state index < -0.39 is 0 Å². The average molecular weight is 331 g/mol. The minimum atomic E-state index is -0.207. The van der Waals surface area contributed by atoms with Crippen LogP contribution in [0.15, 0.2) is 30.3 Å². The highest BCUT2D eigenvalue weighted by atomic mass is 32.1. The number of anilines is 1. The number of ketones is 1. The predicted molar refractivity (Wildman–Crippen MR) is 91.9 cm³/mol. The van der Waals surface area contributed by atoms with E-state index in [1.807, 2.05) is 18.2 Å². The van der Waals surface area contributed by atoms with Crippen LogP contribution in [0.2, 0.25) is 0 Å². The molecule has 6 heteroatoms. The lowest BCUT2D eigenvalue weighted by atomic mass is 10.1. The molecule has 1 aromatic heterocycles. The first-order valence-electron chi connectivity index (χ1n) is 7.85. The highest BCUT2D eigenvalue weighted by Crippen LogP contribution is 2.28. The van der Waals surface area contributed by atoms with Crippen LogP contribution in [0.5, 0.6) is 0 Å². The zero-order chi connectivity index (χ0) is 16.7. The second kappa shape index (κ2) is 8.53. The summed E-state index contributed by atoms with van der Waals surface area (Å²) in [6, 6.07) is 9.00. The molecule has 23 heavy (non-hydrogen) atoms. The normalized spacial score (nSPS) is 10.7. The van der Waals surface area contributed by atoms with Crippen molar-refractivity contribution in [3.05, 3.63) is 40.9 Å². The van der Waals surface area contributed by atoms with E-state index in [0.29, 0.717) is 16.6 Å². The van der Waals surface area contributed by atoms with Crippen LogP contribution in [-0.4, -0.2) is 21.9 Å². The number of carbonyl (C=O) groups excluding carboxylic acids is 2. The molecule has 0 fully saturated rings. The van der Waals surface area contributed by atoms with Crippen LogP contribution in [0.3, 0.4) is 0 Å². The van der Waals surface area contributed by atoms with Crippen molar-refractivity contribution < 1.29 is 9.59 Å². The van der Waals surface area contributed by atoms with E-state index in [9.17, 15) is 9.59 Å². The molecule has 0 spiro atoms. The fourth-order valence-electron chi connectivity index (χ4n) is 2.27. The second-order valence-corrected chi connectivity index (χ2v) is 6.31. The van der Waals surface area contributed by atoms with E-state index in [1.54, 1.807) is 12.1 Å². The molecule has 1 heterocycles. The fourth-order valence-corrected chi connectivity index (χ4v) is 3.29. The summed E-state index contributed by atoms with van der Waals surface area (Å²) in [6.07, 6.45) is 2.34. The van der Waals surface area contributed by atoms with Crippen molar-refractivity contribution in [3.8, 4) is 0 Å². The third-order valence-electron chi connectivity index (χ3n) is 3.70. The number of nitrogens with one attached hydrogen (secondary N) is 1. The van der Waals surface area contributed by atoms with Crippen molar-refractivity contribution in [1.82, 2.24) is 10.2 Å². The van der Waals surface area contributed by atoms with Crippen LogP contribution in [0.4, 0.5) is 5.13 Å². The number of nitrogens with zero attached hydrogens (tertiary/aromatic N) is 2. The SMILES string of the molecule is CCC(CC)c1nnc(NC(=O)CCC(=O)c2ccccc2)s1. The standard InChI is InChI=1S/C17H21N3O2S/c1-3-12(4-2)16-19-20-17(23-16)18-15(22)11-10-14(21)13-8-6-5-7-9-13/h5-9,12H,3-4,10-11H2,1-2H3,(H,18,20,22). The van der Waals surface area contributed by atoms with E-state index in [-0.39, 0.29) is 24.5 Å². The van der Waals surface area contributed by atoms with Crippen molar-refractivity contribution in [3.63, 3.8) is 0 Å². The summed E-state index contributed by atoms with van der Waals surface area (Å²) in [4.78, 5) is 23.9. The van der Waals surface area contributed by atoms with Crippen molar-refractivity contribution >= 4 is 28.2 Å². The molecule has 2 rings (SSSR count). The van der Waals surface area contributed by atoms with Gasteiger partial charge in [-0.1, -0.05) is 55.5 Å². The van der Waals surface area contributed by atoms with Gasteiger partial charge in [0.1, 0.15) is 5.01 Å². The van der Waals surface area contributed by atoms with Gasteiger partial charge in [0.25, 0.3) is 0 Å². The van der Waals surface area contributed by atoms with Gasteiger partial charge < -0.3 is 5.32 Å². The Balaban J connectivity index is 1.84. The van der Waals surface area contributed by atoms with Gasteiger partial charge in [-0.25, -0.2) is 0 Å². The molecule has 122 valence electrons. The van der Waals surface area contributed by atoms with Crippen molar-refractivity contribution in [2.24, 2.45) is 0 Å². The maximum Gasteiger partial charge on any atom is 0.226 e. The Hall–Kier alpha value is -2.08. The monoisotopic (exact) mass is 331 g/mol. The molecule has 0 saturated heterocycles. The summed E-state index contributed by atoms with van der Waals surface area (Å²) >= 11 is 1.41. The molecule has 0 unspecified atom stereocenters. The Labute approximate surface area is 140 Å². The number of rotatable bonds is 8. The van der Waals surface area contributed by atoms with Gasteiger partial charge >= 0.3 is 0 Å². The number of aromatic nitrogens is 2. The lowest BCUT2D eigenvalue weighted by Gasteiger charge is -2.05. The topological polar surface area (TPSA) is 72.0 Å². The van der Waals surface area contributed by atoms with E-state index >= 15 is 0 Å². The Morgan fingerprint density at radius 3 is 2.43 bits per heavy atom. The number of carbonyl (C=O) groups is 2. The van der Waals surface area contributed by atoms with Crippen LogP contribution in [0, 0.1) is 0 Å². The highest BCUT2D eigenvalue weighted by Gasteiger charge is 2.15. The third-order valence-corrected chi connectivity index (χ3v) is 4.70. The number of hydrogen-bond acceptors (Lipinski definition) is 5. The first-order chi connectivity index (χ1) is 11.1. The summed E-state index contributed by atoms with van der Waals surface area (Å²) in [5.74, 6) is 0.148. The molecule has 0 atom stereocenters. The Morgan fingerprint density at radius 1 is 1.09 bits per heavy atom. The zero-order valence-electron chi connectivity index (χ0n) is 13.4. The quantitative estimate of drug-likeness (QED) is 0.741. The first kappa shape index (κ1) is 17.3. The highest BCUT2D eigenvalue weighted by molar-refractivity contribution is 7.15. The summed E-state index contributed by atoms with van der Waals surface area (Å²) in [6.45, 7) is 4.23. The smallest absolute Gasteiger partial charge is 0.226 e. The summed E-state index contributed by atoms with van der Waals surface area (Å²) < 4.78 is 0.